The van der Waals surface area contributed by atoms with Gasteiger partial charge in [0.25, 0.3) is 10.0 Å². The largest absolute Gasteiger partial charge is 0.495 e. The molecular weight excluding hydrogens is 452 g/mol. The Morgan fingerprint density at radius 1 is 1.15 bits per heavy atom. The number of hydrogen-bond donors (Lipinski definition) is 3. The number of nitrogens with one attached hydrogen (secondary N) is 2. The Kier molecular flexibility index (Phi) is 6.16. The number of ether oxygens (including phenoxy) is 1. The van der Waals surface area contributed by atoms with Crippen LogP contribution in [0.3, 0.4) is 0 Å². The van der Waals surface area contributed by atoms with Crippen LogP contribution in [0, 0.1) is 5.41 Å². The normalized spacial score (nSPS) is 11.4. The van der Waals surface area contributed by atoms with Crippen molar-refractivity contribution in [2.75, 3.05) is 23.8 Å². The maximum absolute atomic E-state index is 13.0. The van der Waals surface area contributed by atoms with E-state index in [2.05, 4.69) is 5.32 Å². The monoisotopic (exact) mass is 478 g/mol. The zero-order valence-corrected chi connectivity index (χ0v) is 19.9. The number of methoxy groups -OCH3 is 1. The molecule has 3 aromatic carbocycles. The molecule has 0 bridgehead atoms. The molecule has 9 nitrogen and oxygen atoms in total. The number of aryl methyl sites for hydroxylation is 1. The third-order valence-corrected chi connectivity index (χ3v) is 7.47. The van der Waals surface area contributed by atoms with E-state index in [-0.39, 0.29) is 10.7 Å². The Morgan fingerprint density at radius 3 is 2.56 bits per heavy atom. The van der Waals surface area contributed by atoms with Gasteiger partial charge in [0.2, 0.25) is 0 Å². The number of anilines is 2. The van der Waals surface area contributed by atoms with Crippen molar-refractivity contribution < 1.29 is 13.2 Å². The Bertz CT molecular complexity index is 1470. The Morgan fingerprint density at radius 2 is 1.88 bits per heavy atom. The summed E-state index contributed by atoms with van der Waals surface area (Å²) < 4.78 is 34.6. The molecule has 4 N–H and O–H groups in total. The van der Waals surface area contributed by atoms with Crippen LogP contribution in [-0.4, -0.2) is 38.0 Å². The number of rotatable bonds is 8. The topological polar surface area (TPSA) is 126 Å². The molecule has 0 aliphatic heterocycles. The SMILES string of the molecule is COc1cc(C(=N)N)ccc1NCc1nc2cc(N(C)S(=O)(=O)c3ccccc3)ccc2n1C. The summed E-state index contributed by atoms with van der Waals surface area (Å²) in [6.07, 6.45) is 0. The van der Waals surface area contributed by atoms with Crippen molar-refractivity contribution >= 4 is 38.3 Å². The third kappa shape index (κ3) is 4.27. The van der Waals surface area contributed by atoms with E-state index in [0.29, 0.717) is 29.1 Å². The van der Waals surface area contributed by atoms with E-state index in [1.165, 1.54) is 11.4 Å². The van der Waals surface area contributed by atoms with Gasteiger partial charge in [0.15, 0.2) is 0 Å². The van der Waals surface area contributed by atoms with Crippen LogP contribution < -0.4 is 20.1 Å². The summed E-state index contributed by atoms with van der Waals surface area (Å²) in [5.41, 5.74) is 8.97. The van der Waals surface area contributed by atoms with Gasteiger partial charge in [-0.1, -0.05) is 18.2 Å². The van der Waals surface area contributed by atoms with Gasteiger partial charge in [-0.2, -0.15) is 0 Å². The molecule has 4 aromatic rings. The molecule has 0 unspecified atom stereocenters. The molecule has 4 rings (SSSR count). The molecule has 176 valence electrons. The molecule has 0 amide bonds. The van der Waals surface area contributed by atoms with Gasteiger partial charge in [0.05, 0.1) is 41.0 Å². The number of nitrogens with zero attached hydrogens (tertiary/aromatic N) is 3. The van der Waals surface area contributed by atoms with Crippen molar-refractivity contribution in [3.05, 3.63) is 78.1 Å². The van der Waals surface area contributed by atoms with E-state index < -0.39 is 10.0 Å². The fourth-order valence-electron chi connectivity index (χ4n) is 3.66. The smallest absolute Gasteiger partial charge is 0.264 e. The lowest BCUT2D eigenvalue weighted by molar-refractivity contribution is 0.416. The molecule has 34 heavy (non-hydrogen) atoms. The van der Waals surface area contributed by atoms with Gasteiger partial charge in [-0.05, 0) is 48.5 Å². The van der Waals surface area contributed by atoms with Crippen molar-refractivity contribution in [1.82, 2.24) is 9.55 Å². The van der Waals surface area contributed by atoms with Crippen LogP contribution in [0.15, 0.2) is 71.6 Å². The molecule has 0 fully saturated rings. The number of benzene rings is 3. The molecule has 0 aliphatic carbocycles. The number of nitrogens with two attached hydrogens (primary N) is 1. The van der Waals surface area contributed by atoms with Gasteiger partial charge in [-0.3, -0.25) is 9.71 Å². The molecule has 1 aromatic heterocycles. The molecular formula is C24H26N6O3S. The molecule has 0 radical (unpaired) electrons. The summed E-state index contributed by atoms with van der Waals surface area (Å²) in [7, 11) is 1.32. The summed E-state index contributed by atoms with van der Waals surface area (Å²) in [6.45, 7) is 0.411. The molecule has 0 atom stereocenters. The van der Waals surface area contributed by atoms with E-state index in [1.807, 2.05) is 17.7 Å². The lowest BCUT2D eigenvalue weighted by atomic mass is 10.1. The molecule has 0 aliphatic rings. The number of aromatic nitrogens is 2. The first-order valence-electron chi connectivity index (χ1n) is 10.5. The van der Waals surface area contributed by atoms with E-state index >= 15 is 0 Å². The first-order valence-corrected chi connectivity index (χ1v) is 11.9. The number of nitrogen functional groups attached to an aromatic ring is 1. The molecule has 0 saturated heterocycles. The van der Waals surface area contributed by atoms with E-state index in [0.717, 1.165) is 17.0 Å². The summed E-state index contributed by atoms with van der Waals surface area (Å²) in [5, 5.41) is 10.9. The van der Waals surface area contributed by atoms with Crippen molar-refractivity contribution in [1.29, 1.82) is 5.41 Å². The first-order chi connectivity index (χ1) is 16.2. The summed E-state index contributed by atoms with van der Waals surface area (Å²) in [6, 6.07) is 19.0. The molecule has 10 heteroatoms. The Balaban J connectivity index is 1.60. The summed E-state index contributed by atoms with van der Waals surface area (Å²) in [5.74, 6) is 1.30. The molecule has 1 heterocycles. The average Bonchev–Trinajstić information content (AvgIpc) is 3.17. The number of imidazole rings is 1. The van der Waals surface area contributed by atoms with Crippen LogP contribution in [0.2, 0.25) is 0 Å². The maximum Gasteiger partial charge on any atom is 0.264 e. The van der Waals surface area contributed by atoms with Gasteiger partial charge in [-0.15, -0.1) is 0 Å². The third-order valence-electron chi connectivity index (χ3n) is 5.67. The first kappa shape index (κ1) is 23.1. The fourth-order valence-corrected chi connectivity index (χ4v) is 4.87. The number of hydrogen-bond acceptors (Lipinski definition) is 6. The van der Waals surface area contributed by atoms with Crippen molar-refractivity contribution in [3.63, 3.8) is 0 Å². The highest BCUT2D eigenvalue weighted by Gasteiger charge is 2.22. The maximum atomic E-state index is 13.0. The van der Waals surface area contributed by atoms with Crippen LogP contribution >= 0.6 is 0 Å². The average molecular weight is 479 g/mol. The van der Waals surface area contributed by atoms with Crippen LogP contribution in [0.4, 0.5) is 11.4 Å². The molecule has 0 saturated carbocycles. The lowest BCUT2D eigenvalue weighted by Gasteiger charge is -2.19. The Labute approximate surface area is 198 Å². The lowest BCUT2D eigenvalue weighted by Crippen LogP contribution is -2.26. The van der Waals surface area contributed by atoms with Crippen molar-refractivity contribution in [2.45, 2.75) is 11.4 Å². The predicted octanol–water partition coefficient (Wildman–Crippen LogP) is 3.30. The quantitative estimate of drug-likeness (QED) is 0.263. The second kappa shape index (κ2) is 9.06. The minimum absolute atomic E-state index is 0.0322. The predicted molar refractivity (Wildman–Crippen MR) is 134 cm³/mol. The van der Waals surface area contributed by atoms with Crippen LogP contribution in [0.1, 0.15) is 11.4 Å². The highest BCUT2D eigenvalue weighted by molar-refractivity contribution is 7.92. The second-order valence-corrected chi connectivity index (χ2v) is 9.70. The van der Waals surface area contributed by atoms with Crippen LogP contribution in [0.25, 0.3) is 11.0 Å². The van der Waals surface area contributed by atoms with Crippen molar-refractivity contribution in [2.24, 2.45) is 12.8 Å². The van der Waals surface area contributed by atoms with Gasteiger partial charge in [0.1, 0.15) is 17.4 Å². The van der Waals surface area contributed by atoms with Crippen molar-refractivity contribution in [3.8, 4) is 5.75 Å². The summed E-state index contributed by atoms with van der Waals surface area (Å²) in [4.78, 5) is 4.94. The zero-order valence-electron chi connectivity index (χ0n) is 19.1. The number of sulfonamides is 1. The highest BCUT2D eigenvalue weighted by Crippen LogP contribution is 2.28. The van der Waals surface area contributed by atoms with Gasteiger partial charge >= 0.3 is 0 Å². The van der Waals surface area contributed by atoms with Gasteiger partial charge < -0.3 is 20.4 Å². The minimum Gasteiger partial charge on any atom is -0.495 e. The number of amidine groups is 1. The van der Waals surface area contributed by atoms with Gasteiger partial charge in [0, 0.05) is 19.7 Å². The standard InChI is InChI=1S/C24H26N6O3S/c1-29-21-12-10-17(30(2)34(31,32)18-7-5-4-6-8-18)14-20(21)28-23(29)15-27-19-11-9-16(24(25)26)13-22(19)33-3/h4-14,27H,15H2,1-3H3,(H3,25,26). The molecule has 0 spiro atoms. The second-order valence-electron chi connectivity index (χ2n) is 7.73. The zero-order chi connectivity index (χ0) is 24.5. The Hall–Kier alpha value is -4.05. The summed E-state index contributed by atoms with van der Waals surface area (Å²) >= 11 is 0. The van der Waals surface area contributed by atoms with Crippen LogP contribution in [-0.2, 0) is 23.6 Å². The fraction of sp³-hybridized carbons (Fsp3) is 0.167. The van der Waals surface area contributed by atoms with Crippen LogP contribution in [0.5, 0.6) is 5.75 Å². The minimum atomic E-state index is -3.68. The van der Waals surface area contributed by atoms with E-state index in [9.17, 15) is 8.42 Å². The highest BCUT2D eigenvalue weighted by atomic mass is 32.2. The van der Waals surface area contributed by atoms with E-state index in [1.54, 1.807) is 67.8 Å². The van der Waals surface area contributed by atoms with Gasteiger partial charge in [-0.25, -0.2) is 13.4 Å². The van der Waals surface area contributed by atoms with E-state index in [4.69, 9.17) is 20.9 Å². The number of fused-ring (bicyclic) bond motifs is 1.